The molecule has 8 nitrogen and oxygen atoms in total. The molecule has 0 N–H and O–H groups in total. The fourth-order valence-corrected chi connectivity index (χ4v) is 6.73. The van der Waals surface area contributed by atoms with Crippen molar-refractivity contribution in [1.82, 2.24) is 19.8 Å². The smallest absolute Gasteiger partial charge is 0.411 e. The van der Waals surface area contributed by atoms with Crippen molar-refractivity contribution < 1.29 is 19.1 Å². The Kier molecular flexibility index (Phi) is 10.5. The summed E-state index contributed by atoms with van der Waals surface area (Å²) in [5, 5.41) is 0. The first kappa shape index (κ1) is 34.7. The molecule has 5 atom stereocenters. The predicted octanol–water partition coefficient (Wildman–Crippen LogP) is 8.46. The lowest BCUT2D eigenvalue weighted by atomic mass is 9.81. The molecular weight excluding hydrogens is 679 g/mol. The van der Waals surface area contributed by atoms with Crippen LogP contribution in [0.25, 0.3) is 0 Å². The second-order valence-electron chi connectivity index (χ2n) is 14.0. The Labute approximate surface area is 282 Å². The molecule has 9 heteroatoms. The van der Waals surface area contributed by atoms with Crippen LogP contribution in [0.2, 0.25) is 0 Å². The normalized spacial score (nSPS) is 24.7. The summed E-state index contributed by atoms with van der Waals surface area (Å²) in [6.45, 7) is 19.9. The maximum absolute atomic E-state index is 12.7. The number of carbonyl (C=O) groups is 2. The van der Waals surface area contributed by atoms with E-state index in [9.17, 15) is 9.59 Å². The molecule has 4 bridgehead atoms. The predicted molar refractivity (Wildman–Crippen MR) is 186 cm³/mol. The number of pyridine rings is 2. The van der Waals surface area contributed by atoms with Crippen molar-refractivity contribution in [3.63, 3.8) is 0 Å². The summed E-state index contributed by atoms with van der Waals surface area (Å²) in [5.74, 6) is 0.315. The molecule has 2 aromatic heterocycles. The van der Waals surface area contributed by atoms with Crippen molar-refractivity contribution >= 4 is 34.8 Å². The van der Waals surface area contributed by atoms with Gasteiger partial charge in [-0.3, -0.25) is 19.8 Å². The summed E-state index contributed by atoms with van der Waals surface area (Å²) in [7, 11) is 0. The zero-order chi connectivity index (χ0) is 33.3. The highest BCUT2D eigenvalue weighted by Gasteiger charge is 2.52. The van der Waals surface area contributed by atoms with Gasteiger partial charge in [-0.05, 0) is 144 Å². The van der Waals surface area contributed by atoms with Gasteiger partial charge in [0, 0.05) is 34.3 Å². The van der Waals surface area contributed by atoms with Crippen molar-refractivity contribution in [1.29, 1.82) is 0 Å². The molecule has 0 saturated carbocycles. The minimum absolute atomic E-state index is 0.101. The van der Waals surface area contributed by atoms with Gasteiger partial charge in [0.1, 0.15) is 11.2 Å². The Bertz CT molecular complexity index is 1450. The molecule has 4 aliphatic rings. The molecule has 45 heavy (non-hydrogen) atoms. The van der Waals surface area contributed by atoms with E-state index in [2.05, 4.69) is 78.5 Å². The number of halogens is 1. The Balaban J connectivity index is 0.000000174. The van der Waals surface area contributed by atoms with Crippen LogP contribution in [0.15, 0.2) is 83.5 Å². The molecule has 4 aliphatic heterocycles. The summed E-state index contributed by atoms with van der Waals surface area (Å²) < 4.78 is 12.2. The van der Waals surface area contributed by atoms with Crippen LogP contribution in [-0.2, 0) is 9.47 Å². The van der Waals surface area contributed by atoms with Crippen molar-refractivity contribution in [2.24, 2.45) is 0 Å². The number of aromatic nitrogens is 2. The molecule has 2 amide bonds. The summed E-state index contributed by atoms with van der Waals surface area (Å²) >= 11 is 2.22. The average molecular weight is 727 g/mol. The minimum Gasteiger partial charge on any atom is -0.444 e. The van der Waals surface area contributed by atoms with Crippen LogP contribution < -0.4 is 0 Å². The maximum atomic E-state index is 12.7. The first-order chi connectivity index (χ1) is 21.0. The number of hydrogen-bond donors (Lipinski definition) is 0. The first-order valence-electron chi connectivity index (χ1n) is 15.5. The van der Waals surface area contributed by atoms with E-state index >= 15 is 0 Å². The molecule has 1 saturated heterocycles. The van der Waals surface area contributed by atoms with Crippen molar-refractivity contribution in [3.8, 4) is 0 Å². The lowest BCUT2D eigenvalue weighted by Gasteiger charge is -2.29. The highest BCUT2D eigenvalue weighted by atomic mass is 127. The second-order valence-corrected chi connectivity index (χ2v) is 15.3. The molecule has 2 aromatic rings. The average Bonchev–Trinajstić information content (AvgIpc) is 3.68. The van der Waals surface area contributed by atoms with Crippen molar-refractivity contribution in [3.05, 3.63) is 92.6 Å². The molecule has 242 valence electrons. The van der Waals surface area contributed by atoms with Gasteiger partial charge in [-0.1, -0.05) is 18.2 Å². The van der Waals surface area contributed by atoms with Crippen LogP contribution >= 0.6 is 22.6 Å². The number of fused-ring (bicyclic) bond motifs is 4. The van der Waals surface area contributed by atoms with Crippen LogP contribution in [0, 0.1) is 3.57 Å². The van der Waals surface area contributed by atoms with Gasteiger partial charge in [0.05, 0.1) is 24.2 Å². The Hall–Kier alpha value is -3.21. The quantitative estimate of drug-likeness (QED) is 0.217. The first-order valence-corrected chi connectivity index (χ1v) is 16.6. The fraction of sp³-hybridized carbons (Fsp3) is 0.500. The lowest BCUT2D eigenvalue weighted by Crippen LogP contribution is -2.41. The Morgan fingerprint density at radius 2 is 1.27 bits per heavy atom. The molecule has 0 spiro atoms. The highest BCUT2D eigenvalue weighted by molar-refractivity contribution is 14.1. The highest BCUT2D eigenvalue weighted by Crippen LogP contribution is 2.49. The number of rotatable bonds is 1. The largest absolute Gasteiger partial charge is 0.444 e. The molecule has 1 fully saturated rings. The SMILES string of the molecule is CC1=C(C)C2C(c3cccnc3)CC1N2C(=O)OC(C)(C)C.CC1=C(C)C2C=CC1N2C(=O)OC(C)(C)C.Ic1cccnc1. The van der Waals surface area contributed by atoms with Crippen molar-refractivity contribution in [2.75, 3.05) is 0 Å². The van der Waals surface area contributed by atoms with Gasteiger partial charge in [0.15, 0.2) is 0 Å². The number of ether oxygens (including phenoxy) is 2. The van der Waals surface area contributed by atoms with E-state index in [1.807, 2.05) is 81.9 Å². The zero-order valence-corrected chi connectivity index (χ0v) is 30.3. The van der Waals surface area contributed by atoms with Crippen LogP contribution in [0.4, 0.5) is 9.59 Å². The molecule has 0 aliphatic carbocycles. The third-order valence-electron chi connectivity index (χ3n) is 8.59. The lowest BCUT2D eigenvalue weighted by molar-refractivity contribution is 0.0215. The molecular formula is C36H47IN4O4. The van der Waals surface area contributed by atoms with Gasteiger partial charge in [0.25, 0.3) is 0 Å². The van der Waals surface area contributed by atoms with Crippen LogP contribution in [0.5, 0.6) is 0 Å². The van der Waals surface area contributed by atoms with E-state index in [-0.39, 0.29) is 36.4 Å². The van der Waals surface area contributed by atoms with Gasteiger partial charge in [-0.15, -0.1) is 0 Å². The van der Waals surface area contributed by atoms with Gasteiger partial charge in [-0.25, -0.2) is 9.59 Å². The van der Waals surface area contributed by atoms with Gasteiger partial charge >= 0.3 is 12.2 Å². The van der Waals surface area contributed by atoms with E-state index in [0.717, 1.165) is 6.42 Å². The van der Waals surface area contributed by atoms with E-state index in [0.29, 0.717) is 5.92 Å². The molecule has 0 radical (unpaired) electrons. The summed E-state index contributed by atoms with van der Waals surface area (Å²) in [6.07, 6.45) is 12.0. The summed E-state index contributed by atoms with van der Waals surface area (Å²) in [4.78, 5) is 36.6. The minimum atomic E-state index is -0.468. The van der Waals surface area contributed by atoms with Crippen molar-refractivity contribution in [2.45, 2.75) is 117 Å². The Morgan fingerprint density at radius 1 is 0.756 bits per heavy atom. The molecule has 5 unspecified atom stereocenters. The van der Waals surface area contributed by atoms with E-state index in [1.165, 1.54) is 31.4 Å². The van der Waals surface area contributed by atoms with E-state index in [4.69, 9.17) is 9.47 Å². The van der Waals surface area contributed by atoms with Crippen LogP contribution in [0.3, 0.4) is 0 Å². The molecule has 0 aromatic carbocycles. The van der Waals surface area contributed by atoms with E-state index < -0.39 is 11.2 Å². The molecule has 6 heterocycles. The number of carbonyl (C=O) groups excluding carboxylic acids is 2. The van der Waals surface area contributed by atoms with Gasteiger partial charge < -0.3 is 9.47 Å². The monoisotopic (exact) mass is 726 g/mol. The molecule has 6 rings (SSSR count). The van der Waals surface area contributed by atoms with E-state index in [1.54, 1.807) is 12.4 Å². The fourth-order valence-electron chi connectivity index (χ4n) is 6.36. The number of nitrogens with zero attached hydrogens (tertiary/aromatic N) is 4. The van der Waals surface area contributed by atoms with Gasteiger partial charge in [0.2, 0.25) is 0 Å². The zero-order valence-electron chi connectivity index (χ0n) is 28.2. The number of amides is 2. The number of hydrogen-bond acceptors (Lipinski definition) is 6. The second kappa shape index (κ2) is 13.6. The topological polar surface area (TPSA) is 84.9 Å². The summed E-state index contributed by atoms with van der Waals surface area (Å²) in [6, 6.07) is 8.48. The Morgan fingerprint density at radius 3 is 1.69 bits per heavy atom. The maximum Gasteiger partial charge on any atom is 0.411 e. The third-order valence-corrected chi connectivity index (χ3v) is 9.23. The van der Waals surface area contributed by atoms with Crippen LogP contribution in [0.1, 0.15) is 87.1 Å². The summed E-state index contributed by atoms with van der Waals surface area (Å²) in [5.41, 5.74) is 5.48. The van der Waals surface area contributed by atoms with Gasteiger partial charge in [-0.2, -0.15) is 0 Å². The van der Waals surface area contributed by atoms with Crippen LogP contribution in [-0.4, -0.2) is 67.3 Å². The standard InChI is InChI=1S/C18H24N2O2.C13H19NO2.C5H4IN/c1-11-12(2)16-14(13-7-6-8-19-10-13)9-15(11)20(16)17(21)22-18(3,4)5;1-8-9(2)11-7-6-10(8)14(11)12(15)16-13(3,4)5;6-5-2-1-3-7-4-5/h6-8,10,14-16H,9H2,1-5H3;6-7,10-11H,1-5H3;1-4H. The third kappa shape index (κ3) is 7.96.